The van der Waals surface area contributed by atoms with Crippen LogP contribution in [0.15, 0.2) is 42.5 Å². The summed E-state index contributed by atoms with van der Waals surface area (Å²) in [6.45, 7) is 0.176. The largest absolute Gasteiger partial charge is 0.497 e. The number of nitrogens with zero attached hydrogens (tertiary/aromatic N) is 3. The van der Waals surface area contributed by atoms with Crippen molar-refractivity contribution in [2.45, 2.75) is 6.61 Å². The SMILES string of the molecule is COC(=O)c1cccc2nc(COc3cccc(OC)c3)nn12. The first-order chi connectivity index (χ1) is 11.2. The van der Waals surface area contributed by atoms with Crippen molar-refractivity contribution in [3.05, 3.63) is 54.0 Å². The first-order valence-electron chi connectivity index (χ1n) is 6.91. The number of carbonyl (C=O) groups is 1. The summed E-state index contributed by atoms with van der Waals surface area (Å²) in [5.41, 5.74) is 0.863. The van der Waals surface area contributed by atoms with E-state index in [4.69, 9.17) is 14.2 Å². The Morgan fingerprint density at radius 2 is 1.91 bits per heavy atom. The van der Waals surface area contributed by atoms with Crippen molar-refractivity contribution >= 4 is 11.6 Å². The summed E-state index contributed by atoms with van der Waals surface area (Å²) >= 11 is 0. The molecular weight excluding hydrogens is 298 g/mol. The molecule has 0 fully saturated rings. The second-order valence-corrected chi connectivity index (χ2v) is 4.67. The minimum atomic E-state index is -0.472. The molecule has 2 aromatic heterocycles. The summed E-state index contributed by atoms with van der Waals surface area (Å²) in [4.78, 5) is 16.1. The Bertz CT molecular complexity index is 844. The maximum atomic E-state index is 11.7. The predicted molar refractivity (Wildman–Crippen MR) is 81.7 cm³/mol. The molecule has 2 heterocycles. The van der Waals surface area contributed by atoms with E-state index in [1.807, 2.05) is 18.2 Å². The van der Waals surface area contributed by atoms with Gasteiger partial charge in [0, 0.05) is 6.07 Å². The van der Waals surface area contributed by atoms with Crippen LogP contribution in [-0.4, -0.2) is 34.8 Å². The summed E-state index contributed by atoms with van der Waals surface area (Å²) < 4.78 is 17.0. The lowest BCUT2D eigenvalue weighted by atomic mass is 10.3. The van der Waals surface area contributed by atoms with Crippen LogP contribution in [0.1, 0.15) is 16.3 Å². The highest BCUT2D eigenvalue weighted by molar-refractivity contribution is 5.88. The molecule has 0 bridgehead atoms. The number of esters is 1. The molecule has 0 saturated heterocycles. The second kappa shape index (κ2) is 6.35. The molecule has 7 heteroatoms. The van der Waals surface area contributed by atoms with E-state index in [0.29, 0.717) is 28.7 Å². The van der Waals surface area contributed by atoms with E-state index in [0.717, 1.165) is 0 Å². The average Bonchev–Trinajstić information content (AvgIpc) is 3.02. The summed E-state index contributed by atoms with van der Waals surface area (Å²) in [5, 5.41) is 4.29. The van der Waals surface area contributed by atoms with Gasteiger partial charge in [0.2, 0.25) is 0 Å². The molecule has 23 heavy (non-hydrogen) atoms. The van der Waals surface area contributed by atoms with E-state index in [2.05, 4.69) is 10.1 Å². The van der Waals surface area contributed by atoms with Gasteiger partial charge in [-0.25, -0.2) is 14.3 Å². The Morgan fingerprint density at radius 1 is 1.13 bits per heavy atom. The quantitative estimate of drug-likeness (QED) is 0.672. The lowest BCUT2D eigenvalue weighted by molar-refractivity contribution is 0.0590. The number of pyridine rings is 1. The van der Waals surface area contributed by atoms with Crippen molar-refractivity contribution in [2.24, 2.45) is 0 Å². The van der Waals surface area contributed by atoms with E-state index >= 15 is 0 Å². The monoisotopic (exact) mass is 313 g/mol. The molecule has 0 atom stereocenters. The summed E-state index contributed by atoms with van der Waals surface area (Å²) in [5.74, 6) is 1.35. The van der Waals surface area contributed by atoms with Crippen LogP contribution >= 0.6 is 0 Å². The topological polar surface area (TPSA) is 75.0 Å². The third-order valence-corrected chi connectivity index (χ3v) is 3.21. The van der Waals surface area contributed by atoms with Gasteiger partial charge in [0.05, 0.1) is 14.2 Å². The molecule has 0 radical (unpaired) electrons. The van der Waals surface area contributed by atoms with Gasteiger partial charge < -0.3 is 14.2 Å². The molecule has 0 N–H and O–H groups in total. The maximum absolute atomic E-state index is 11.7. The highest BCUT2D eigenvalue weighted by Crippen LogP contribution is 2.19. The van der Waals surface area contributed by atoms with Crippen LogP contribution in [0.4, 0.5) is 0 Å². The third-order valence-electron chi connectivity index (χ3n) is 3.21. The van der Waals surface area contributed by atoms with Crippen LogP contribution in [0.25, 0.3) is 5.65 Å². The molecule has 3 rings (SSSR count). The molecular formula is C16H15N3O4. The first kappa shape index (κ1) is 14.8. The Hall–Kier alpha value is -3.09. The normalized spacial score (nSPS) is 10.5. The fourth-order valence-corrected chi connectivity index (χ4v) is 2.11. The molecule has 1 aromatic carbocycles. The summed E-state index contributed by atoms with van der Waals surface area (Å²) in [6, 6.07) is 12.4. The summed E-state index contributed by atoms with van der Waals surface area (Å²) in [7, 11) is 2.92. The van der Waals surface area contributed by atoms with Crippen molar-refractivity contribution in [2.75, 3.05) is 14.2 Å². The minimum absolute atomic E-state index is 0.176. The predicted octanol–water partition coefficient (Wildman–Crippen LogP) is 2.10. The van der Waals surface area contributed by atoms with Gasteiger partial charge >= 0.3 is 5.97 Å². The van der Waals surface area contributed by atoms with Crippen LogP contribution in [-0.2, 0) is 11.3 Å². The molecule has 118 valence electrons. The summed E-state index contributed by atoms with van der Waals surface area (Å²) in [6.07, 6.45) is 0. The van der Waals surface area contributed by atoms with Crippen LogP contribution < -0.4 is 9.47 Å². The Morgan fingerprint density at radius 3 is 2.70 bits per heavy atom. The van der Waals surface area contributed by atoms with Gasteiger partial charge in [-0.1, -0.05) is 12.1 Å². The minimum Gasteiger partial charge on any atom is -0.497 e. The number of aromatic nitrogens is 3. The van der Waals surface area contributed by atoms with Crippen molar-refractivity contribution < 1.29 is 19.0 Å². The van der Waals surface area contributed by atoms with E-state index in [9.17, 15) is 4.79 Å². The molecule has 0 unspecified atom stereocenters. The zero-order valence-electron chi connectivity index (χ0n) is 12.7. The lowest BCUT2D eigenvalue weighted by Crippen LogP contribution is -2.09. The van der Waals surface area contributed by atoms with Crippen LogP contribution in [0.2, 0.25) is 0 Å². The fourth-order valence-electron chi connectivity index (χ4n) is 2.11. The zero-order valence-corrected chi connectivity index (χ0v) is 12.7. The number of ether oxygens (including phenoxy) is 3. The van der Waals surface area contributed by atoms with Crippen LogP contribution in [0.5, 0.6) is 11.5 Å². The molecule has 0 spiro atoms. The van der Waals surface area contributed by atoms with E-state index in [-0.39, 0.29) is 6.61 Å². The number of hydrogen-bond acceptors (Lipinski definition) is 6. The third kappa shape index (κ3) is 3.08. The van der Waals surface area contributed by atoms with Gasteiger partial charge in [-0.05, 0) is 24.3 Å². The van der Waals surface area contributed by atoms with Gasteiger partial charge in [0.15, 0.2) is 17.2 Å². The second-order valence-electron chi connectivity index (χ2n) is 4.67. The van der Waals surface area contributed by atoms with Crippen molar-refractivity contribution in [1.82, 2.24) is 14.6 Å². The molecule has 3 aromatic rings. The lowest BCUT2D eigenvalue weighted by Gasteiger charge is -2.05. The fraction of sp³-hybridized carbons (Fsp3) is 0.188. The van der Waals surface area contributed by atoms with E-state index < -0.39 is 5.97 Å². The number of carbonyl (C=O) groups excluding carboxylic acids is 1. The number of fused-ring (bicyclic) bond motifs is 1. The maximum Gasteiger partial charge on any atom is 0.356 e. The molecule has 0 aliphatic heterocycles. The van der Waals surface area contributed by atoms with Gasteiger partial charge in [-0.15, -0.1) is 5.10 Å². The molecule has 0 amide bonds. The first-order valence-corrected chi connectivity index (χ1v) is 6.91. The number of benzene rings is 1. The smallest absolute Gasteiger partial charge is 0.356 e. The number of rotatable bonds is 5. The van der Waals surface area contributed by atoms with Crippen molar-refractivity contribution in [1.29, 1.82) is 0 Å². The van der Waals surface area contributed by atoms with E-state index in [1.54, 1.807) is 31.4 Å². The standard InChI is InChI=1S/C16H15N3O4/c1-21-11-5-3-6-12(9-11)23-10-14-17-15-8-4-7-13(16(20)22-2)19(15)18-14/h3-9H,10H2,1-2H3. The van der Waals surface area contributed by atoms with Crippen molar-refractivity contribution in [3.8, 4) is 11.5 Å². The van der Waals surface area contributed by atoms with E-state index in [1.165, 1.54) is 11.6 Å². The molecule has 7 nitrogen and oxygen atoms in total. The molecule has 0 aliphatic carbocycles. The van der Waals surface area contributed by atoms with Gasteiger partial charge in [-0.3, -0.25) is 0 Å². The Balaban J connectivity index is 1.82. The van der Waals surface area contributed by atoms with Gasteiger partial charge in [-0.2, -0.15) is 0 Å². The average molecular weight is 313 g/mol. The Labute approximate surface area is 132 Å². The van der Waals surface area contributed by atoms with Crippen LogP contribution in [0.3, 0.4) is 0 Å². The van der Waals surface area contributed by atoms with Crippen molar-refractivity contribution in [3.63, 3.8) is 0 Å². The highest BCUT2D eigenvalue weighted by Gasteiger charge is 2.13. The van der Waals surface area contributed by atoms with Gasteiger partial charge in [0.1, 0.15) is 18.1 Å². The number of methoxy groups -OCH3 is 2. The zero-order chi connectivity index (χ0) is 16.2. The van der Waals surface area contributed by atoms with Crippen LogP contribution in [0, 0.1) is 0 Å². The molecule has 0 saturated carbocycles. The molecule has 0 aliphatic rings. The highest BCUT2D eigenvalue weighted by atomic mass is 16.5. The van der Waals surface area contributed by atoms with Gasteiger partial charge in [0.25, 0.3) is 0 Å². The Kier molecular flexibility index (Phi) is 4.09. The number of hydrogen-bond donors (Lipinski definition) is 0.